The molecule has 2 rings (SSSR count). The Morgan fingerprint density at radius 1 is 1.53 bits per heavy atom. The SMILES string of the molecule is COC1CCCCC1(Nc1cccc(Br)c1)C(=O)O. The summed E-state index contributed by atoms with van der Waals surface area (Å²) in [7, 11) is 1.58. The number of carboxylic acids is 1. The quantitative estimate of drug-likeness (QED) is 0.891. The van der Waals surface area contributed by atoms with Gasteiger partial charge < -0.3 is 15.2 Å². The molecule has 4 nitrogen and oxygen atoms in total. The van der Waals surface area contributed by atoms with E-state index in [1.165, 1.54) is 0 Å². The predicted molar refractivity (Wildman–Crippen MR) is 77.4 cm³/mol. The van der Waals surface area contributed by atoms with E-state index in [2.05, 4.69) is 21.2 Å². The topological polar surface area (TPSA) is 58.6 Å². The largest absolute Gasteiger partial charge is 0.479 e. The van der Waals surface area contributed by atoms with E-state index in [0.717, 1.165) is 29.4 Å². The van der Waals surface area contributed by atoms with Crippen molar-refractivity contribution in [1.29, 1.82) is 0 Å². The zero-order chi connectivity index (χ0) is 13.9. The monoisotopic (exact) mass is 327 g/mol. The molecule has 0 aliphatic heterocycles. The fourth-order valence-electron chi connectivity index (χ4n) is 2.72. The van der Waals surface area contributed by atoms with Crippen molar-refractivity contribution in [2.75, 3.05) is 12.4 Å². The second-order valence-electron chi connectivity index (χ2n) is 4.88. The zero-order valence-electron chi connectivity index (χ0n) is 10.9. The molecule has 0 bridgehead atoms. The molecule has 0 aromatic heterocycles. The lowest BCUT2D eigenvalue weighted by molar-refractivity contribution is -0.149. The molecule has 2 atom stereocenters. The van der Waals surface area contributed by atoms with Crippen LogP contribution in [0.5, 0.6) is 0 Å². The van der Waals surface area contributed by atoms with Crippen molar-refractivity contribution >= 4 is 27.6 Å². The Hall–Kier alpha value is -1.07. The molecule has 104 valence electrons. The number of anilines is 1. The number of ether oxygens (including phenoxy) is 1. The number of benzene rings is 1. The van der Waals surface area contributed by atoms with Crippen molar-refractivity contribution in [2.45, 2.75) is 37.3 Å². The Morgan fingerprint density at radius 3 is 2.95 bits per heavy atom. The maximum atomic E-state index is 11.8. The minimum absolute atomic E-state index is 0.308. The van der Waals surface area contributed by atoms with Gasteiger partial charge in [0.2, 0.25) is 0 Å². The fourth-order valence-corrected chi connectivity index (χ4v) is 3.12. The fraction of sp³-hybridized carbons (Fsp3) is 0.500. The molecule has 2 N–H and O–H groups in total. The molecule has 5 heteroatoms. The van der Waals surface area contributed by atoms with Crippen LogP contribution in [0.4, 0.5) is 5.69 Å². The van der Waals surface area contributed by atoms with Crippen molar-refractivity contribution in [3.8, 4) is 0 Å². The van der Waals surface area contributed by atoms with Crippen LogP contribution in [0.2, 0.25) is 0 Å². The second-order valence-corrected chi connectivity index (χ2v) is 5.80. The summed E-state index contributed by atoms with van der Waals surface area (Å²) in [6.45, 7) is 0. The predicted octanol–water partition coefficient (Wildman–Crippen LogP) is 3.27. The summed E-state index contributed by atoms with van der Waals surface area (Å²) < 4.78 is 6.34. The number of halogens is 1. The summed E-state index contributed by atoms with van der Waals surface area (Å²) in [5.41, 5.74) is -0.242. The average Bonchev–Trinajstić information content (AvgIpc) is 2.39. The third-order valence-corrected chi connectivity index (χ3v) is 4.19. The minimum Gasteiger partial charge on any atom is -0.479 e. The van der Waals surface area contributed by atoms with Crippen molar-refractivity contribution in [1.82, 2.24) is 0 Å². The smallest absolute Gasteiger partial charge is 0.332 e. The summed E-state index contributed by atoms with van der Waals surface area (Å²) in [5.74, 6) is -0.848. The van der Waals surface area contributed by atoms with Gasteiger partial charge in [0.05, 0.1) is 6.10 Å². The number of hydrogen-bond acceptors (Lipinski definition) is 3. The Kier molecular flexibility index (Phi) is 4.47. The molecule has 0 spiro atoms. The van der Waals surface area contributed by atoms with E-state index in [0.29, 0.717) is 6.42 Å². The zero-order valence-corrected chi connectivity index (χ0v) is 12.4. The Morgan fingerprint density at radius 2 is 2.32 bits per heavy atom. The molecule has 0 saturated heterocycles. The molecule has 1 saturated carbocycles. The molecular formula is C14H18BrNO3. The van der Waals surface area contributed by atoms with E-state index in [4.69, 9.17) is 4.74 Å². The lowest BCUT2D eigenvalue weighted by atomic mass is 9.78. The standard InChI is InChI=1S/C14H18BrNO3/c1-19-12-7-2-3-8-14(12,13(17)18)16-11-6-4-5-10(15)9-11/h4-6,9,12,16H,2-3,7-8H2,1H3,(H,17,18). The number of carbonyl (C=O) groups is 1. The van der Waals surface area contributed by atoms with E-state index >= 15 is 0 Å². The van der Waals surface area contributed by atoms with Crippen LogP contribution in [0.15, 0.2) is 28.7 Å². The highest BCUT2D eigenvalue weighted by atomic mass is 79.9. The molecular weight excluding hydrogens is 310 g/mol. The van der Waals surface area contributed by atoms with Gasteiger partial charge in [-0.2, -0.15) is 0 Å². The van der Waals surface area contributed by atoms with Crippen LogP contribution in [0.25, 0.3) is 0 Å². The number of carboxylic acid groups (broad SMARTS) is 1. The van der Waals surface area contributed by atoms with Gasteiger partial charge in [0.1, 0.15) is 0 Å². The maximum Gasteiger partial charge on any atom is 0.332 e. The van der Waals surface area contributed by atoms with Crippen LogP contribution in [-0.4, -0.2) is 29.8 Å². The minimum atomic E-state index is -1.03. The van der Waals surface area contributed by atoms with Gasteiger partial charge in [-0.1, -0.05) is 34.8 Å². The lowest BCUT2D eigenvalue weighted by Gasteiger charge is -2.41. The van der Waals surface area contributed by atoms with Crippen LogP contribution >= 0.6 is 15.9 Å². The van der Waals surface area contributed by atoms with Crippen molar-refractivity contribution in [2.24, 2.45) is 0 Å². The highest BCUT2D eigenvalue weighted by Gasteiger charge is 2.48. The number of rotatable bonds is 4. The first-order chi connectivity index (χ1) is 9.08. The Labute approximate surface area is 121 Å². The van der Waals surface area contributed by atoms with Crippen LogP contribution in [-0.2, 0) is 9.53 Å². The molecule has 0 amide bonds. The highest BCUT2D eigenvalue weighted by molar-refractivity contribution is 9.10. The van der Waals surface area contributed by atoms with E-state index in [9.17, 15) is 9.90 Å². The van der Waals surface area contributed by atoms with Crippen molar-refractivity contribution in [3.05, 3.63) is 28.7 Å². The summed E-state index contributed by atoms with van der Waals surface area (Å²) in [6, 6.07) is 7.54. The Balaban J connectivity index is 2.31. The molecule has 0 heterocycles. The number of aliphatic carboxylic acids is 1. The van der Waals surface area contributed by atoms with E-state index < -0.39 is 11.5 Å². The number of methoxy groups -OCH3 is 1. The normalized spacial score (nSPS) is 26.9. The summed E-state index contributed by atoms with van der Waals surface area (Å²) in [4.78, 5) is 11.8. The van der Waals surface area contributed by atoms with Gasteiger partial charge in [-0.15, -0.1) is 0 Å². The number of hydrogen-bond donors (Lipinski definition) is 2. The summed E-state index contributed by atoms with van der Waals surface area (Å²) in [6.07, 6.45) is 2.94. The first kappa shape index (κ1) is 14.3. The summed E-state index contributed by atoms with van der Waals surface area (Å²) >= 11 is 3.40. The van der Waals surface area contributed by atoms with E-state index in [1.807, 2.05) is 24.3 Å². The van der Waals surface area contributed by atoms with Gasteiger partial charge in [-0.25, -0.2) is 4.79 Å². The molecule has 1 aromatic carbocycles. The maximum absolute atomic E-state index is 11.8. The van der Waals surface area contributed by atoms with Gasteiger partial charge >= 0.3 is 5.97 Å². The molecule has 2 unspecified atom stereocenters. The van der Waals surface area contributed by atoms with Crippen LogP contribution < -0.4 is 5.32 Å². The molecule has 1 aliphatic rings. The van der Waals surface area contributed by atoms with Crippen LogP contribution in [0, 0.1) is 0 Å². The van der Waals surface area contributed by atoms with E-state index in [-0.39, 0.29) is 6.10 Å². The first-order valence-electron chi connectivity index (χ1n) is 6.38. The van der Waals surface area contributed by atoms with Gasteiger partial charge in [0.15, 0.2) is 5.54 Å². The van der Waals surface area contributed by atoms with Gasteiger partial charge in [0, 0.05) is 17.3 Å². The highest BCUT2D eigenvalue weighted by Crippen LogP contribution is 2.34. The van der Waals surface area contributed by atoms with Gasteiger partial charge in [-0.05, 0) is 31.0 Å². The van der Waals surface area contributed by atoms with E-state index in [1.54, 1.807) is 7.11 Å². The molecule has 0 radical (unpaired) electrons. The molecule has 1 fully saturated rings. The second kappa shape index (κ2) is 5.92. The molecule has 1 aliphatic carbocycles. The molecule has 19 heavy (non-hydrogen) atoms. The summed E-state index contributed by atoms with van der Waals surface area (Å²) in [5, 5.41) is 12.8. The van der Waals surface area contributed by atoms with Crippen LogP contribution in [0.1, 0.15) is 25.7 Å². The third-order valence-electron chi connectivity index (χ3n) is 3.70. The Bertz CT molecular complexity index is 466. The van der Waals surface area contributed by atoms with Gasteiger partial charge in [-0.3, -0.25) is 0 Å². The molecule has 1 aromatic rings. The first-order valence-corrected chi connectivity index (χ1v) is 7.18. The van der Waals surface area contributed by atoms with Crippen molar-refractivity contribution < 1.29 is 14.6 Å². The van der Waals surface area contributed by atoms with Crippen LogP contribution in [0.3, 0.4) is 0 Å². The third kappa shape index (κ3) is 2.92. The van der Waals surface area contributed by atoms with Crippen molar-refractivity contribution in [3.63, 3.8) is 0 Å². The lowest BCUT2D eigenvalue weighted by Crippen LogP contribution is -2.58. The average molecular weight is 328 g/mol. The number of nitrogens with one attached hydrogen (secondary N) is 1. The van der Waals surface area contributed by atoms with Gasteiger partial charge in [0.25, 0.3) is 0 Å².